The summed E-state index contributed by atoms with van der Waals surface area (Å²) in [6.07, 6.45) is 3.20. The van der Waals surface area contributed by atoms with Crippen LogP contribution in [0.1, 0.15) is 16.2 Å². The molecule has 0 radical (unpaired) electrons. The summed E-state index contributed by atoms with van der Waals surface area (Å²) in [4.78, 5) is 16.1. The lowest BCUT2D eigenvalue weighted by Gasteiger charge is -2.07. The van der Waals surface area contributed by atoms with Gasteiger partial charge in [0.05, 0.1) is 21.5 Å². The maximum Gasteiger partial charge on any atom is 0.276 e. The van der Waals surface area contributed by atoms with Crippen molar-refractivity contribution in [3.8, 4) is 0 Å². The van der Waals surface area contributed by atoms with E-state index in [0.717, 1.165) is 0 Å². The van der Waals surface area contributed by atoms with Crippen LogP contribution in [0.2, 0.25) is 0 Å². The average molecular weight is 310 g/mol. The summed E-state index contributed by atoms with van der Waals surface area (Å²) < 4.78 is 2.17. The SMILES string of the molecule is Cc1nn(C)c(C(=O)Nc2ccncc2Br)c1N. The van der Waals surface area contributed by atoms with Crippen molar-refractivity contribution in [2.24, 2.45) is 7.05 Å². The van der Waals surface area contributed by atoms with Gasteiger partial charge in [0.15, 0.2) is 0 Å². The van der Waals surface area contributed by atoms with Crippen LogP contribution in [0.15, 0.2) is 22.9 Å². The van der Waals surface area contributed by atoms with Crippen molar-refractivity contribution in [2.75, 3.05) is 11.1 Å². The first-order valence-electron chi connectivity index (χ1n) is 5.20. The Bertz CT molecular complexity index is 607. The standard InChI is InChI=1S/C11H12BrN5O/c1-6-9(13)10(17(2)16-6)11(18)15-8-3-4-14-5-7(8)12/h3-5H,13H2,1-2H3,(H,14,15,18). The number of amides is 1. The Hall–Kier alpha value is -1.89. The fourth-order valence-corrected chi connectivity index (χ4v) is 1.95. The molecule has 0 unspecified atom stereocenters. The number of aryl methyl sites for hydroxylation is 2. The fourth-order valence-electron chi connectivity index (χ4n) is 1.60. The third kappa shape index (κ3) is 2.21. The molecule has 0 aliphatic carbocycles. The molecule has 7 heteroatoms. The van der Waals surface area contributed by atoms with E-state index in [9.17, 15) is 4.79 Å². The number of hydrogen-bond acceptors (Lipinski definition) is 4. The molecule has 0 aliphatic heterocycles. The van der Waals surface area contributed by atoms with E-state index < -0.39 is 0 Å². The van der Waals surface area contributed by atoms with Crippen molar-refractivity contribution >= 4 is 33.2 Å². The lowest BCUT2D eigenvalue weighted by molar-refractivity contribution is 0.101. The highest BCUT2D eigenvalue weighted by Gasteiger charge is 2.18. The Morgan fingerprint density at radius 2 is 2.28 bits per heavy atom. The Labute approximate surface area is 112 Å². The van der Waals surface area contributed by atoms with Crippen LogP contribution in [0.5, 0.6) is 0 Å². The second kappa shape index (κ2) is 4.77. The lowest BCUT2D eigenvalue weighted by Crippen LogP contribution is -2.18. The van der Waals surface area contributed by atoms with E-state index in [1.807, 2.05) is 0 Å². The number of carbonyl (C=O) groups is 1. The van der Waals surface area contributed by atoms with Gasteiger partial charge in [-0.25, -0.2) is 0 Å². The molecule has 2 aromatic heterocycles. The number of nitrogen functional groups attached to an aromatic ring is 1. The second-order valence-corrected chi connectivity index (χ2v) is 4.64. The van der Waals surface area contributed by atoms with E-state index >= 15 is 0 Å². The molecule has 0 bridgehead atoms. The topological polar surface area (TPSA) is 85.8 Å². The van der Waals surface area contributed by atoms with Crippen molar-refractivity contribution in [1.29, 1.82) is 0 Å². The molecule has 2 aromatic rings. The monoisotopic (exact) mass is 309 g/mol. The van der Waals surface area contributed by atoms with E-state index in [4.69, 9.17) is 5.73 Å². The van der Waals surface area contributed by atoms with Crippen molar-refractivity contribution < 1.29 is 4.79 Å². The number of carbonyl (C=O) groups excluding carboxylic acids is 1. The van der Waals surface area contributed by atoms with Gasteiger partial charge in [-0.15, -0.1) is 0 Å². The molecule has 3 N–H and O–H groups in total. The van der Waals surface area contributed by atoms with Gasteiger partial charge < -0.3 is 11.1 Å². The average Bonchev–Trinajstić information content (AvgIpc) is 2.56. The van der Waals surface area contributed by atoms with E-state index in [0.29, 0.717) is 27.2 Å². The van der Waals surface area contributed by atoms with Gasteiger partial charge in [-0.05, 0) is 28.9 Å². The van der Waals surface area contributed by atoms with E-state index in [1.54, 1.807) is 32.4 Å². The molecule has 2 heterocycles. The molecule has 94 valence electrons. The van der Waals surface area contributed by atoms with Crippen LogP contribution < -0.4 is 11.1 Å². The van der Waals surface area contributed by atoms with Crippen LogP contribution in [0, 0.1) is 6.92 Å². The van der Waals surface area contributed by atoms with Crippen LogP contribution in [0.4, 0.5) is 11.4 Å². The number of nitrogens with two attached hydrogens (primary N) is 1. The van der Waals surface area contributed by atoms with Crippen LogP contribution >= 0.6 is 15.9 Å². The Morgan fingerprint density at radius 1 is 1.56 bits per heavy atom. The third-order valence-electron chi connectivity index (χ3n) is 2.50. The van der Waals surface area contributed by atoms with Crippen molar-refractivity contribution in [1.82, 2.24) is 14.8 Å². The predicted octanol–water partition coefficient (Wildman–Crippen LogP) is 1.72. The molecule has 0 saturated carbocycles. The zero-order chi connectivity index (χ0) is 13.3. The summed E-state index contributed by atoms with van der Waals surface area (Å²) in [5.41, 5.74) is 7.83. The minimum absolute atomic E-state index is 0.303. The first kappa shape index (κ1) is 12.6. The summed E-state index contributed by atoms with van der Waals surface area (Å²) in [7, 11) is 1.68. The molecule has 0 aliphatic rings. The Balaban J connectivity index is 2.31. The molecule has 6 nitrogen and oxygen atoms in total. The Kier molecular flexibility index (Phi) is 3.33. The number of nitrogens with zero attached hydrogens (tertiary/aromatic N) is 3. The molecule has 0 atom stereocenters. The van der Waals surface area contributed by atoms with Crippen LogP contribution in [-0.2, 0) is 7.05 Å². The summed E-state index contributed by atoms with van der Waals surface area (Å²) >= 11 is 3.31. The highest BCUT2D eigenvalue weighted by molar-refractivity contribution is 9.10. The summed E-state index contributed by atoms with van der Waals surface area (Å²) in [5.74, 6) is -0.303. The van der Waals surface area contributed by atoms with Crippen LogP contribution in [0.3, 0.4) is 0 Å². The first-order chi connectivity index (χ1) is 8.50. The van der Waals surface area contributed by atoms with Crippen molar-refractivity contribution in [3.05, 3.63) is 34.3 Å². The van der Waals surface area contributed by atoms with Crippen LogP contribution in [0.25, 0.3) is 0 Å². The molecule has 0 saturated heterocycles. The molecule has 2 rings (SSSR count). The maximum absolute atomic E-state index is 12.1. The number of halogens is 1. The molecular weight excluding hydrogens is 298 g/mol. The fraction of sp³-hybridized carbons (Fsp3) is 0.182. The maximum atomic E-state index is 12.1. The molecule has 0 spiro atoms. The number of anilines is 2. The quantitative estimate of drug-likeness (QED) is 0.884. The Morgan fingerprint density at radius 3 is 2.83 bits per heavy atom. The van der Waals surface area contributed by atoms with Gasteiger partial charge in [-0.3, -0.25) is 14.5 Å². The zero-order valence-corrected chi connectivity index (χ0v) is 11.5. The van der Waals surface area contributed by atoms with E-state index in [2.05, 4.69) is 31.3 Å². The van der Waals surface area contributed by atoms with E-state index in [1.165, 1.54) is 4.68 Å². The minimum Gasteiger partial charge on any atom is -0.395 e. The molecule has 18 heavy (non-hydrogen) atoms. The first-order valence-corrected chi connectivity index (χ1v) is 6.00. The zero-order valence-electron chi connectivity index (χ0n) is 9.94. The van der Waals surface area contributed by atoms with Crippen molar-refractivity contribution in [3.63, 3.8) is 0 Å². The smallest absolute Gasteiger partial charge is 0.276 e. The van der Waals surface area contributed by atoms with Gasteiger partial charge in [-0.2, -0.15) is 5.10 Å². The van der Waals surface area contributed by atoms with Gasteiger partial charge in [-0.1, -0.05) is 0 Å². The highest BCUT2D eigenvalue weighted by atomic mass is 79.9. The number of pyridine rings is 1. The molecular formula is C11H12BrN5O. The molecule has 0 aromatic carbocycles. The highest BCUT2D eigenvalue weighted by Crippen LogP contribution is 2.22. The van der Waals surface area contributed by atoms with Gasteiger partial charge in [0.25, 0.3) is 5.91 Å². The minimum atomic E-state index is -0.303. The largest absolute Gasteiger partial charge is 0.395 e. The molecule has 0 fully saturated rings. The normalized spacial score (nSPS) is 10.4. The number of aromatic nitrogens is 3. The summed E-state index contributed by atoms with van der Waals surface area (Å²) in [6.45, 7) is 1.76. The molecule has 1 amide bonds. The van der Waals surface area contributed by atoms with Gasteiger partial charge in [0, 0.05) is 19.4 Å². The van der Waals surface area contributed by atoms with E-state index in [-0.39, 0.29) is 5.91 Å². The number of nitrogens with one attached hydrogen (secondary N) is 1. The lowest BCUT2D eigenvalue weighted by atomic mass is 10.3. The summed E-state index contributed by atoms with van der Waals surface area (Å²) in [6, 6.07) is 1.70. The van der Waals surface area contributed by atoms with Gasteiger partial charge >= 0.3 is 0 Å². The summed E-state index contributed by atoms with van der Waals surface area (Å²) in [5, 5.41) is 6.86. The predicted molar refractivity (Wildman–Crippen MR) is 72.2 cm³/mol. The van der Waals surface area contributed by atoms with Gasteiger partial charge in [0.1, 0.15) is 5.69 Å². The number of rotatable bonds is 2. The van der Waals surface area contributed by atoms with Gasteiger partial charge in [0.2, 0.25) is 0 Å². The third-order valence-corrected chi connectivity index (χ3v) is 3.14. The van der Waals surface area contributed by atoms with Crippen LogP contribution in [-0.4, -0.2) is 20.7 Å². The number of hydrogen-bond donors (Lipinski definition) is 2. The van der Waals surface area contributed by atoms with Crippen molar-refractivity contribution in [2.45, 2.75) is 6.92 Å². The second-order valence-electron chi connectivity index (χ2n) is 3.78.